The molecule has 0 unspecified atom stereocenters. The highest BCUT2D eigenvalue weighted by Gasteiger charge is 2.05. The number of hydrogen-bond donors (Lipinski definition) is 0. The highest BCUT2D eigenvalue weighted by molar-refractivity contribution is 6.32. The van der Waals surface area contributed by atoms with E-state index in [0.717, 1.165) is 12.8 Å². The highest BCUT2D eigenvalue weighted by Crippen LogP contribution is 2.25. The molecule has 0 amide bonds. The number of ether oxygens (including phenoxy) is 1. The summed E-state index contributed by atoms with van der Waals surface area (Å²) in [4.78, 5) is 15.2. The van der Waals surface area contributed by atoms with Crippen molar-refractivity contribution in [1.82, 2.24) is 4.98 Å². The van der Waals surface area contributed by atoms with Crippen LogP contribution in [0.1, 0.15) is 29.3 Å². The normalized spacial score (nSPS) is 10.3. The largest absolute Gasteiger partial charge is 0.492 e. The highest BCUT2D eigenvalue weighted by atomic mass is 35.5. The Balaban J connectivity index is 1.84. The Labute approximate surface area is 123 Å². The van der Waals surface area contributed by atoms with Gasteiger partial charge in [-0.2, -0.15) is 0 Å². The first-order valence-corrected chi connectivity index (χ1v) is 6.87. The van der Waals surface area contributed by atoms with E-state index in [2.05, 4.69) is 4.98 Å². The molecule has 1 aromatic heterocycles. The summed E-state index contributed by atoms with van der Waals surface area (Å²) in [5.74, 6) is 0.613. The molecular weight excluding hydrogens is 274 g/mol. The Bertz CT molecular complexity index is 584. The second-order valence-corrected chi connectivity index (χ2v) is 4.92. The van der Waals surface area contributed by atoms with Gasteiger partial charge in [0.15, 0.2) is 5.78 Å². The predicted octanol–water partition coefficient (Wildman–Crippen LogP) is 3.95. The number of carbonyl (C=O) groups excluding carboxylic acids is 1. The van der Waals surface area contributed by atoms with E-state index in [1.807, 2.05) is 12.1 Å². The molecule has 104 valence electrons. The number of rotatable bonds is 6. The molecule has 0 fully saturated rings. The number of benzene rings is 1. The third-order valence-corrected chi connectivity index (χ3v) is 3.25. The molecule has 0 atom stereocenters. The third-order valence-electron chi connectivity index (χ3n) is 2.96. The van der Waals surface area contributed by atoms with Gasteiger partial charge in [0, 0.05) is 18.0 Å². The van der Waals surface area contributed by atoms with Crippen LogP contribution in [0, 0.1) is 0 Å². The summed E-state index contributed by atoms with van der Waals surface area (Å²) >= 11 is 6.08. The summed E-state index contributed by atoms with van der Waals surface area (Å²) in [7, 11) is 0. The summed E-state index contributed by atoms with van der Waals surface area (Å²) < 4.78 is 5.63. The number of Topliss-reactive ketones (excluding diaryl/α,β-unsaturated/α-hetero) is 1. The van der Waals surface area contributed by atoms with Gasteiger partial charge in [-0.15, -0.1) is 0 Å². The first-order chi connectivity index (χ1) is 9.66. The summed E-state index contributed by atoms with van der Waals surface area (Å²) in [6.07, 6.45) is 5.40. The quantitative estimate of drug-likeness (QED) is 0.597. The van der Waals surface area contributed by atoms with Crippen LogP contribution < -0.4 is 4.74 Å². The monoisotopic (exact) mass is 289 g/mol. The standard InChI is InChI=1S/C16H16ClNO2/c1-12(19)14-4-5-16(15(17)11-14)20-10-2-3-13-6-8-18-9-7-13/h4-9,11H,2-3,10H2,1H3. The minimum absolute atomic E-state index is 0.00358. The Morgan fingerprint density at radius 3 is 2.65 bits per heavy atom. The topological polar surface area (TPSA) is 39.2 Å². The van der Waals surface area contributed by atoms with Gasteiger partial charge in [0.2, 0.25) is 0 Å². The van der Waals surface area contributed by atoms with E-state index in [9.17, 15) is 4.79 Å². The van der Waals surface area contributed by atoms with Crippen molar-refractivity contribution < 1.29 is 9.53 Å². The van der Waals surface area contributed by atoms with Crippen LogP contribution in [0.2, 0.25) is 5.02 Å². The fourth-order valence-electron chi connectivity index (χ4n) is 1.84. The Morgan fingerprint density at radius 2 is 2.00 bits per heavy atom. The summed E-state index contributed by atoms with van der Waals surface area (Å²) in [5.41, 5.74) is 1.83. The van der Waals surface area contributed by atoms with Crippen LogP contribution in [0.15, 0.2) is 42.7 Å². The average Bonchev–Trinajstić information content (AvgIpc) is 2.46. The molecule has 0 saturated carbocycles. The van der Waals surface area contributed by atoms with Crippen molar-refractivity contribution >= 4 is 17.4 Å². The number of pyridine rings is 1. The SMILES string of the molecule is CC(=O)c1ccc(OCCCc2ccncc2)c(Cl)c1. The number of ketones is 1. The molecule has 2 rings (SSSR count). The van der Waals surface area contributed by atoms with Crippen LogP contribution in [0.3, 0.4) is 0 Å². The van der Waals surface area contributed by atoms with Gasteiger partial charge in [-0.25, -0.2) is 0 Å². The van der Waals surface area contributed by atoms with Gasteiger partial charge in [0.25, 0.3) is 0 Å². The Morgan fingerprint density at radius 1 is 1.25 bits per heavy atom. The third kappa shape index (κ3) is 4.07. The van der Waals surface area contributed by atoms with Gasteiger partial charge in [-0.05, 0) is 55.7 Å². The summed E-state index contributed by atoms with van der Waals surface area (Å²) in [6.45, 7) is 2.10. The number of halogens is 1. The van der Waals surface area contributed by atoms with E-state index in [4.69, 9.17) is 16.3 Å². The van der Waals surface area contributed by atoms with Crippen LogP contribution in [-0.2, 0) is 6.42 Å². The predicted molar refractivity (Wildman–Crippen MR) is 79.5 cm³/mol. The molecule has 0 spiro atoms. The second kappa shape index (κ2) is 7.06. The first-order valence-electron chi connectivity index (χ1n) is 6.49. The van der Waals surface area contributed by atoms with Crippen LogP contribution in [0.25, 0.3) is 0 Å². The lowest BCUT2D eigenvalue weighted by atomic mass is 10.1. The molecule has 1 aromatic carbocycles. The fourth-order valence-corrected chi connectivity index (χ4v) is 2.08. The molecule has 0 aliphatic heterocycles. The molecule has 0 bridgehead atoms. The molecule has 3 nitrogen and oxygen atoms in total. The van der Waals surface area contributed by atoms with Gasteiger partial charge in [-0.3, -0.25) is 9.78 Å². The molecule has 20 heavy (non-hydrogen) atoms. The van der Waals surface area contributed by atoms with Crippen molar-refractivity contribution in [2.24, 2.45) is 0 Å². The van der Waals surface area contributed by atoms with E-state index >= 15 is 0 Å². The van der Waals surface area contributed by atoms with Crippen LogP contribution in [-0.4, -0.2) is 17.4 Å². The molecule has 0 aliphatic rings. The smallest absolute Gasteiger partial charge is 0.159 e. The van der Waals surface area contributed by atoms with E-state index in [-0.39, 0.29) is 5.78 Å². The molecular formula is C16H16ClNO2. The molecule has 0 radical (unpaired) electrons. The van der Waals surface area contributed by atoms with Crippen molar-refractivity contribution in [1.29, 1.82) is 0 Å². The molecule has 0 aliphatic carbocycles. The fraction of sp³-hybridized carbons (Fsp3) is 0.250. The van der Waals surface area contributed by atoms with Crippen molar-refractivity contribution in [3.8, 4) is 5.75 Å². The van der Waals surface area contributed by atoms with E-state index in [1.165, 1.54) is 12.5 Å². The van der Waals surface area contributed by atoms with Crippen molar-refractivity contribution in [2.45, 2.75) is 19.8 Å². The van der Waals surface area contributed by atoms with E-state index in [1.54, 1.807) is 30.6 Å². The summed E-state index contributed by atoms with van der Waals surface area (Å²) in [6, 6.07) is 9.10. The van der Waals surface area contributed by atoms with Crippen molar-refractivity contribution in [2.75, 3.05) is 6.61 Å². The lowest BCUT2D eigenvalue weighted by Gasteiger charge is -2.08. The zero-order chi connectivity index (χ0) is 14.4. The number of aromatic nitrogens is 1. The molecule has 2 aromatic rings. The number of nitrogens with zero attached hydrogens (tertiary/aromatic N) is 1. The molecule has 4 heteroatoms. The van der Waals surface area contributed by atoms with Gasteiger partial charge < -0.3 is 4.74 Å². The lowest BCUT2D eigenvalue weighted by Crippen LogP contribution is -2.01. The maximum absolute atomic E-state index is 11.2. The van der Waals surface area contributed by atoms with E-state index in [0.29, 0.717) is 22.9 Å². The van der Waals surface area contributed by atoms with Crippen LogP contribution >= 0.6 is 11.6 Å². The van der Waals surface area contributed by atoms with Crippen LogP contribution in [0.4, 0.5) is 0 Å². The number of hydrogen-bond acceptors (Lipinski definition) is 3. The zero-order valence-electron chi connectivity index (χ0n) is 11.3. The van der Waals surface area contributed by atoms with Crippen molar-refractivity contribution in [3.63, 3.8) is 0 Å². The number of carbonyl (C=O) groups is 1. The minimum Gasteiger partial charge on any atom is -0.492 e. The van der Waals surface area contributed by atoms with Gasteiger partial charge >= 0.3 is 0 Å². The molecule has 0 N–H and O–H groups in total. The van der Waals surface area contributed by atoms with Gasteiger partial charge in [-0.1, -0.05) is 11.6 Å². The average molecular weight is 290 g/mol. The Kier molecular flexibility index (Phi) is 5.13. The molecule has 0 saturated heterocycles. The second-order valence-electron chi connectivity index (χ2n) is 4.51. The first kappa shape index (κ1) is 14.5. The minimum atomic E-state index is -0.00358. The van der Waals surface area contributed by atoms with E-state index < -0.39 is 0 Å². The van der Waals surface area contributed by atoms with Gasteiger partial charge in [0.1, 0.15) is 5.75 Å². The van der Waals surface area contributed by atoms with Crippen LogP contribution in [0.5, 0.6) is 5.75 Å². The van der Waals surface area contributed by atoms with Gasteiger partial charge in [0.05, 0.1) is 11.6 Å². The van der Waals surface area contributed by atoms with Crippen molar-refractivity contribution in [3.05, 3.63) is 58.9 Å². The molecule has 1 heterocycles. The zero-order valence-corrected chi connectivity index (χ0v) is 12.1. The maximum atomic E-state index is 11.2. The number of aryl methyl sites for hydroxylation is 1. The maximum Gasteiger partial charge on any atom is 0.159 e. The lowest BCUT2D eigenvalue weighted by molar-refractivity contribution is 0.101. The summed E-state index contributed by atoms with van der Waals surface area (Å²) in [5, 5.41) is 0.474. The Hall–Kier alpha value is -1.87.